The Hall–Kier alpha value is -3.83. The zero-order valence-electron chi connectivity index (χ0n) is 18.7. The van der Waals surface area contributed by atoms with E-state index in [0.717, 1.165) is 21.6 Å². The van der Waals surface area contributed by atoms with Crippen molar-refractivity contribution < 1.29 is 26.7 Å². The Labute approximate surface area is 204 Å². The van der Waals surface area contributed by atoms with Gasteiger partial charge in [-0.2, -0.15) is 8.42 Å². The summed E-state index contributed by atoms with van der Waals surface area (Å²) in [5, 5.41) is 9.46. The van der Waals surface area contributed by atoms with Gasteiger partial charge in [0.15, 0.2) is 5.78 Å². The topological polar surface area (TPSA) is 133 Å². The number of hydrogen-bond donors (Lipinski definition) is 3. The molecular weight excluding hydrogens is 490 g/mol. The van der Waals surface area contributed by atoms with Gasteiger partial charge in [-0.25, -0.2) is 17.4 Å². The van der Waals surface area contributed by atoms with E-state index in [1.807, 2.05) is 17.7 Å². The molecule has 9 nitrogen and oxygen atoms in total. The molecule has 0 saturated carbocycles. The SMILES string of the molecule is Cc1ccc(Cc2ccc(N3C=C(O)NS3(=O)=O)cc2)c(NS(=O)(=O)CC(=O)c2ccccc2)c1. The van der Waals surface area contributed by atoms with Crippen LogP contribution >= 0.6 is 0 Å². The minimum absolute atomic E-state index is 0.320. The molecule has 0 atom stereocenters. The molecule has 1 aliphatic heterocycles. The van der Waals surface area contributed by atoms with Crippen molar-refractivity contribution in [3.63, 3.8) is 0 Å². The highest BCUT2D eigenvalue weighted by molar-refractivity contribution is 7.93. The van der Waals surface area contributed by atoms with Gasteiger partial charge in [0.25, 0.3) is 0 Å². The van der Waals surface area contributed by atoms with Crippen LogP contribution in [-0.2, 0) is 26.7 Å². The average molecular weight is 514 g/mol. The molecule has 0 aliphatic carbocycles. The van der Waals surface area contributed by atoms with Gasteiger partial charge in [0.05, 0.1) is 17.6 Å². The van der Waals surface area contributed by atoms with Crippen molar-refractivity contribution >= 4 is 37.4 Å². The van der Waals surface area contributed by atoms with Gasteiger partial charge >= 0.3 is 10.2 Å². The maximum Gasteiger partial charge on any atom is 0.330 e. The molecular formula is C24H23N3O6S2. The van der Waals surface area contributed by atoms with Crippen LogP contribution in [0.4, 0.5) is 11.4 Å². The van der Waals surface area contributed by atoms with Gasteiger partial charge in [0.1, 0.15) is 5.75 Å². The predicted octanol–water partition coefficient (Wildman–Crippen LogP) is 3.22. The number of benzene rings is 3. The summed E-state index contributed by atoms with van der Waals surface area (Å²) in [6.07, 6.45) is 1.42. The minimum atomic E-state index is -3.96. The number of nitrogens with zero attached hydrogens (tertiary/aromatic N) is 1. The summed E-state index contributed by atoms with van der Waals surface area (Å²) in [5.41, 5.74) is 3.35. The van der Waals surface area contributed by atoms with Gasteiger partial charge in [-0.15, -0.1) is 0 Å². The van der Waals surface area contributed by atoms with Crippen molar-refractivity contribution in [2.45, 2.75) is 13.3 Å². The molecule has 1 aliphatic rings. The Balaban J connectivity index is 1.52. The van der Waals surface area contributed by atoms with E-state index in [1.165, 1.54) is 0 Å². The number of aryl methyl sites for hydroxylation is 1. The quantitative estimate of drug-likeness (QED) is 0.396. The maximum absolute atomic E-state index is 12.8. The number of carbonyl (C=O) groups is 1. The molecule has 35 heavy (non-hydrogen) atoms. The van der Waals surface area contributed by atoms with Crippen molar-refractivity contribution in [2.24, 2.45) is 0 Å². The summed E-state index contributed by atoms with van der Waals surface area (Å²) in [5.74, 6) is -1.66. The van der Waals surface area contributed by atoms with Crippen LogP contribution in [-0.4, -0.2) is 33.5 Å². The lowest BCUT2D eigenvalue weighted by atomic mass is 10.0. The lowest BCUT2D eigenvalue weighted by molar-refractivity contribution is 0.102. The van der Waals surface area contributed by atoms with E-state index in [-0.39, 0.29) is 0 Å². The fraction of sp³-hybridized carbons (Fsp3) is 0.125. The van der Waals surface area contributed by atoms with E-state index in [1.54, 1.807) is 66.7 Å². The fourth-order valence-corrected chi connectivity index (χ4v) is 5.77. The summed E-state index contributed by atoms with van der Waals surface area (Å²) in [6.45, 7) is 1.83. The van der Waals surface area contributed by atoms with Crippen LogP contribution in [0.25, 0.3) is 0 Å². The summed E-state index contributed by atoms with van der Waals surface area (Å²) in [7, 11) is -7.85. The third kappa shape index (κ3) is 5.81. The number of anilines is 2. The zero-order valence-corrected chi connectivity index (χ0v) is 20.3. The van der Waals surface area contributed by atoms with Gasteiger partial charge < -0.3 is 5.11 Å². The highest BCUT2D eigenvalue weighted by Crippen LogP contribution is 2.26. The number of rotatable bonds is 8. The molecule has 0 radical (unpaired) electrons. The molecule has 4 rings (SSSR count). The van der Waals surface area contributed by atoms with Crippen LogP contribution in [0.2, 0.25) is 0 Å². The molecule has 0 unspecified atom stereocenters. The van der Waals surface area contributed by atoms with E-state index in [0.29, 0.717) is 28.9 Å². The van der Waals surface area contributed by atoms with Crippen molar-refractivity contribution in [3.8, 4) is 0 Å². The molecule has 0 saturated heterocycles. The molecule has 0 aromatic heterocycles. The van der Waals surface area contributed by atoms with E-state index >= 15 is 0 Å². The number of carbonyl (C=O) groups excluding carboxylic acids is 1. The lowest BCUT2D eigenvalue weighted by Gasteiger charge is -2.16. The predicted molar refractivity (Wildman–Crippen MR) is 134 cm³/mol. The van der Waals surface area contributed by atoms with Crippen LogP contribution in [0.15, 0.2) is 84.9 Å². The number of ketones is 1. The Morgan fingerprint density at radius 2 is 1.71 bits per heavy atom. The number of aliphatic hydroxyl groups excluding tert-OH is 1. The Bertz CT molecular complexity index is 1500. The Morgan fingerprint density at radius 3 is 2.34 bits per heavy atom. The highest BCUT2D eigenvalue weighted by atomic mass is 32.2. The van der Waals surface area contributed by atoms with Crippen molar-refractivity contribution in [1.82, 2.24) is 4.72 Å². The summed E-state index contributed by atoms with van der Waals surface area (Å²) in [4.78, 5) is 12.4. The zero-order chi connectivity index (χ0) is 25.2. The molecule has 1 heterocycles. The monoisotopic (exact) mass is 513 g/mol. The van der Waals surface area contributed by atoms with Gasteiger partial charge in [-0.3, -0.25) is 9.52 Å². The number of sulfonamides is 1. The molecule has 0 spiro atoms. The van der Waals surface area contributed by atoms with Crippen molar-refractivity contribution in [1.29, 1.82) is 0 Å². The fourth-order valence-electron chi connectivity index (χ4n) is 3.61. The van der Waals surface area contributed by atoms with Crippen LogP contribution in [0, 0.1) is 6.92 Å². The molecule has 0 fully saturated rings. The first-order valence-corrected chi connectivity index (χ1v) is 13.6. The molecule has 3 N–H and O–H groups in total. The summed E-state index contributed by atoms with van der Waals surface area (Å²) < 4.78 is 55.0. The van der Waals surface area contributed by atoms with Crippen LogP contribution in [0.5, 0.6) is 0 Å². The maximum atomic E-state index is 12.8. The van der Waals surface area contributed by atoms with Crippen LogP contribution < -0.4 is 13.7 Å². The molecule has 11 heteroatoms. The molecule has 3 aromatic carbocycles. The van der Waals surface area contributed by atoms with Crippen LogP contribution in [0.1, 0.15) is 27.0 Å². The Kier molecular flexibility index (Phi) is 6.55. The number of nitrogens with one attached hydrogen (secondary N) is 2. The first-order chi connectivity index (χ1) is 16.5. The second-order valence-electron chi connectivity index (χ2n) is 8.07. The third-order valence-electron chi connectivity index (χ3n) is 5.27. The minimum Gasteiger partial charge on any atom is -0.493 e. The summed E-state index contributed by atoms with van der Waals surface area (Å²) >= 11 is 0. The van der Waals surface area contributed by atoms with Gasteiger partial charge in [0, 0.05) is 5.56 Å². The van der Waals surface area contributed by atoms with E-state index in [9.17, 15) is 26.7 Å². The molecule has 0 bridgehead atoms. The first-order valence-electron chi connectivity index (χ1n) is 10.5. The summed E-state index contributed by atoms with van der Waals surface area (Å²) in [6, 6.07) is 20.2. The van der Waals surface area contributed by atoms with E-state index < -0.39 is 37.7 Å². The second kappa shape index (κ2) is 9.43. The average Bonchev–Trinajstić information content (AvgIpc) is 3.08. The largest absolute Gasteiger partial charge is 0.493 e. The number of Topliss-reactive ketones (excluding diaryl/α,β-unsaturated/α-hetero) is 1. The van der Waals surface area contributed by atoms with Gasteiger partial charge in [-0.05, 0) is 48.2 Å². The smallest absolute Gasteiger partial charge is 0.330 e. The molecule has 0 amide bonds. The van der Waals surface area contributed by atoms with Crippen molar-refractivity contribution in [2.75, 3.05) is 14.8 Å². The van der Waals surface area contributed by atoms with Gasteiger partial charge in [0.2, 0.25) is 15.9 Å². The highest BCUT2D eigenvalue weighted by Gasteiger charge is 2.28. The van der Waals surface area contributed by atoms with E-state index in [2.05, 4.69) is 4.72 Å². The normalized spacial score (nSPS) is 14.8. The number of hydrogen-bond acceptors (Lipinski definition) is 6. The number of aliphatic hydroxyl groups is 1. The van der Waals surface area contributed by atoms with Crippen LogP contribution in [0.3, 0.4) is 0 Å². The third-order valence-corrected chi connectivity index (χ3v) is 7.74. The standard InChI is InChI=1S/C24H23N3O6S2/c1-17-7-10-20(14-18-8-11-21(12-9-18)27-15-24(29)26-35(27,32)33)22(13-17)25-34(30,31)16-23(28)19-5-3-2-4-6-19/h2-13,15,25-26,29H,14,16H2,1H3. The van der Waals surface area contributed by atoms with Crippen molar-refractivity contribution in [3.05, 3.63) is 107 Å². The van der Waals surface area contributed by atoms with Gasteiger partial charge in [-0.1, -0.05) is 54.6 Å². The first kappa shape index (κ1) is 24.3. The van der Waals surface area contributed by atoms with E-state index in [4.69, 9.17) is 0 Å². The lowest BCUT2D eigenvalue weighted by Crippen LogP contribution is -2.29. The molecule has 182 valence electrons. The second-order valence-corrected chi connectivity index (χ2v) is 11.3. The molecule has 3 aromatic rings. The Morgan fingerprint density at radius 1 is 1.03 bits per heavy atom.